The van der Waals surface area contributed by atoms with Crippen LogP contribution in [0, 0.1) is 5.92 Å². The summed E-state index contributed by atoms with van der Waals surface area (Å²) in [5, 5.41) is 0.252. The smallest absolute Gasteiger partial charge is 0.0616 e. The lowest BCUT2D eigenvalue weighted by Gasteiger charge is -2.29. The van der Waals surface area contributed by atoms with E-state index in [1.54, 1.807) is 0 Å². The first-order valence-corrected chi connectivity index (χ1v) is 6.98. The van der Waals surface area contributed by atoms with Crippen molar-refractivity contribution in [2.75, 3.05) is 0 Å². The van der Waals surface area contributed by atoms with E-state index in [2.05, 4.69) is 31.2 Å². The molecule has 2 atom stereocenters. The first-order chi connectivity index (χ1) is 7.83. The van der Waals surface area contributed by atoms with Crippen molar-refractivity contribution in [1.82, 2.24) is 0 Å². The van der Waals surface area contributed by atoms with E-state index in [1.165, 1.54) is 49.7 Å². The topological polar surface area (TPSA) is 0 Å². The lowest BCUT2D eigenvalue weighted by Crippen LogP contribution is -2.16. The summed E-state index contributed by atoms with van der Waals surface area (Å²) in [5.41, 5.74) is 2.85. The maximum absolute atomic E-state index is 6.59. The molecule has 0 amide bonds. The highest BCUT2D eigenvalue weighted by molar-refractivity contribution is 6.21. The summed E-state index contributed by atoms with van der Waals surface area (Å²) in [6.45, 7) is 2.26. The van der Waals surface area contributed by atoms with Gasteiger partial charge >= 0.3 is 0 Å². The van der Waals surface area contributed by atoms with Crippen LogP contribution >= 0.6 is 11.6 Å². The van der Waals surface area contributed by atoms with Gasteiger partial charge in [-0.1, -0.05) is 50.5 Å². The molecule has 0 saturated heterocycles. The van der Waals surface area contributed by atoms with Crippen molar-refractivity contribution in [2.24, 2.45) is 5.92 Å². The number of unbranched alkanes of at least 4 members (excludes halogenated alkanes) is 2. The maximum atomic E-state index is 6.59. The van der Waals surface area contributed by atoms with Crippen LogP contribution in [0.4, 0.5) is 0 Å². The van der Waals surface area contributed by atoms with Crippen molar-refractivity contribution in [2.45, 2.75) is 50.8 Å². The molecular formula is C15H21Cl. The highest BCUT2D eigenvalue weighted by atomic mass is 35.5. The summed E-state index contributed by atoms with van der Waals surface area (Å²) in [5.74, 6) is 0.697. The van der Waals surface area contributed by atoms with E-state index in [4.69, 9.17) is 11.6 Å². The van der Waals surface area contributed by atoms with Crippen molar-refractivity contribution < 1.29 is 0 Å². The molecule has 0 heterocycles. The predicted molar refractivity (Wildman–Crippen MR) is 71.0 cm³/mol. The van der Waals surface area contributed by atoms with Crippen LogP contribution in [0.3, 0.4) is 0 Å². The van der Waals surface area contributed by atoms with Gasteiger partial charge in [0, 0.05) is 0 Å². The number of benzene rings is 1. The number of aryl methyl sites for hydroxylation is 1. The van der Waals surface area contributed by atoms with Crippen LogP contribution in [0.25, 0.3) is 0 Å². The molecule has 88 valence electrons. The van der Waals surface area contributed by atoms with Gasteiger partial charge in [0.05, 0.1) is 5.38 Å². The Labute approximate surface area is 104 Å². The summed E-state index contributed by atoms with van der Waals surface area (Å²) < 4.78 is 0. The van der Waals surface area contributed by atoms with Gasteiger partial charge in [0.2, 0.25) is 0 Å². The van der Waals surface area contributed by atoms with Gasteiger partial charge < -0.3 is 0 Å². The van der Waals surface area contributed by atoms with E-state index in [1.807, 2.05) is 0 Å². The summed E-state index contributed by atoms with van der Waals surface area (Å²) in [6.07, 6.45) is 7.78. The Morgan fingerprint density at radius 2 is 2.06 bits per heavy atom. The predicted octanol–water partition coefficient (Wildman–Crippen LogP) is 5.11. The monoisotopic (exact) mass is 236 g/mol. The summed E-state index contributed by atoms with van der Waals surface area (Å²) in [6, 6.07) is 8.68. The van der Waals surface area contributed by atoms with Crippen molar-refractivity contribution in [1.29, 1.82) is 0 Å². The van der Waals surface area contributed by atoms with Gasteiger partial charge in [-0.25, -0.2) is 0 Å². The van der Waals surface area contributed by atoms with E-state index in [0.717, 1.165) is 0 Å². The third-order valence-electron chi connectivity index (χ3n) is 3.73. The molecule has 1 heteroatoms. The van der Waals surface area contributed by atoms with Crippen molar-refractivity contribution in [3.63, 3.8) is 0 Å². The highest BCUT2D eigenvalue weighted by Gasteiger charge is 2.26. The van der Waals surface area contributed by atoms with E-state index in [-0.39, 0.29) is 5.38 Å². The molecule has 1 aromatic carbocycles. The molecule has 0 N–H and O–H groups in total. The molecular weight excluding hydrogens is 216 g/mol. The molecule has 0 saturated carbocycles. The van der Waals surface area contributed by atoms with E-state index in [9.17, 15) is 0 Å². The van der Waals surface area contributed by atoms with Crippen LogP contribution in [-0.4, -0.2) is 0 Å². The molecule has 0 radical (unpaired) electrons. The third kappa shape index (κ3) is 2.60. The zero-order chi connectivity index (χ0) is 11.4. The van der Waals surface area contributed by atoms with Gasteiger partial charge in [-0.15, -0.1) is 11.6 Å². The summed E-state index contributed by atoms with van der Waals surface area (Å²) in [7, 11) is 0. The highest BCUT2D eigenvalue weighted by Crippen LogP contribution is 2.41. The molecule has 1 aromatic rings. The fraction of sp³-hybridized carbons (Fsp3) is 0.600. The Bertz CT molecular complexity index is 332. The van der Waals surface area contributed by atoms with Crippen LogP contribution in [0.15, 0.2) is 24.3 Å². The molecule has 2 rings (SSSR count). The van der Waals surface area contributed by atoms with Crippen LogP contribution < -0.4 is 0 Å². The van der Waals surface area contributed by atoms with Crippen LogP contribution in [0.2, 0.25) is 0 Å². The molecule has 16 heavy (non-hydrogen) atoms. The van der Waals surface area contributed by atoms with E-state index < -0.39 is 0 Å². The van der Waals surface area contributed by atoms with Gasteiger partial charge in [0.1, 0.15) is 0 Å². The van der Waals surface area contributed by atoms with E-state index >= 15 is 0 Å². The van der Waals surface area contributed by atoms with Crippen LogP contribution in [-0.2, 0) is 6.42 Å². The van der Waals surface area contributed by atoms with Crippen LogP contribution in [0.5, 0.6) is 0 Å². The molecule has 0 aliphatic heterocycles. The minimum absolute atomic E-state index is 0.252. The van der Waals surface area contributed by atoms with Crippen molar-refractivity contribution >= 4 is 11.6 Å². The molecule has 1 aliphatic rings. The molecule has 1 aliphatic carbocycles. The molecule has 0 aromatic heterocycles. The normalized spacial score (nSPS) is 24.1. The van der Waals surface area contributed by atoms with Crippen molar-refractivity contribution in [3.05, 3.63) is 35.4 Å². The zero-order valence-corrected chi connectivity index (χ0v) is 10.8. The zero-order valence-electron chi connectivity index (χ0n) is 10.1. The summed E-state index contributed by atoms with van der Waals surface area (Å²) >= 11 is 6.59. The largest absolute Gasteiger partial charge is 0.118 e. The Balaban J connectivity index is 2.00. The minimum atomic E-state index is 0.252. The number of hydrogen-bond acceptors (Lipinski definition) is 0. The van der Waals surface area contributed by atoms with Crippen LogP contribution in [0.1, 0.15) is 55.5 Å². The average Bonchev–Trinajstić information content (AvgIpc) is 2.33. The molecule has 0 bridgehead atoms. The molecule has 0 nitrogen and oxygen atoms in total. The third-order valence-corrected chi connectivity index (χ3v) is 4.32. The number of rotatable bonds is 4. The Morgan fingerprint density at radius 1 is 1.25 bits per heavy atom. The first-order valence-electron chi connectivity index (χ1n) is 6.54. The number of fused-ring (bicyclic) bond motifs is 1. The Hall–Kier alpha value is -0.490. The van der Waals surface area contributed by atoms with Crippen molar-refractivity contribution in [3.8, 4) is 0 Å². The van der Waals surface area contributed by atoms with Gasteiger partial charge in [0.25, 0.3) is 0 Å². The second-order valence-corrected chi connectivity index (χ2v) is 5.37. The fourth-order valence-electron chi connectivity index (χ4n) is 2.72. The lowest BCUT2D eigenvalue weighted by molar-refractivity contribution is 0.397. The standard InChI is InChI=1S/C15H21Cl/c1-2-3-4-8-13-11-10-12-7-5-6-9-14(12)15(13)16/h5-7,9,13,15H,2-4,8,10-11H2,1H3. The van der Waals surface area contributed by atoms with Gasteiger partial charge in [-0.05, 0) is 36.3 Å². The Kier molecular flexibility index (Phi) is 4.29. The molecule has 0 fully saturated rings. The van der Waals surface area contributed by atoms with Gasteiger partial charge in [-0.2, -0.15) is 0 Å². The fourth-order valence-corrected chi connectivity index (χ4v) is 3.18. The molecule has 2 unspecified atom stereocenters. The summed E-state index contributed by atoms with van der Waals surface area (Å²) in [4.78, 5) is 0. The second kappa shape index (κ2) is 5.72. The minimum Gasteiger partial charge on any atom is -0.118 e. The number of hydrogen-bond donors (Lipinski definition) is 0. The number of alkyl halides is 1. The number of halogens is 1. The van der Waals surface area contributed by atoms with Gasteiger partial charge in [-0.3, -0.25) is 0 Å². The average molecular weight is 237 g/mol. The SMILES string of the molecule is CCCCCC1CCc2ccccc2C1Cl. The maximum Gasteiger partial charge on any atom is 0.0616 e. The first kappa shape index (κ1) is 12.0. The quantitative estimate of drug-likeness (QED) is 0.504. The lowest BCUT2D eigenvalue weighted by atomic mass is 9.81. The molecule has 0 spiro atoms. The second-order valence-electron chi connectivity index (χ2n) is 4.90. The van der Waals surface area contributed by atoms with Gasteiger partial charge in [0.15, 0.2) is 0 Å². The Morgan fingerprint density at radius 3 is 2.88 bits per heavy atom. The van der Waals surface area contributed by atoms with E-state index in [0.29, 0.717) is 5.92 Å².